The van der Waals surface area contributed by atoms with Gasteiger partial charge < -0.3 is 5.32 Å². The van der Waals surface area contributed by atoms with Crippen molar-refractivity contribution >= 4 is 11.3 Å². The highest BCUT2D eigenvalue weighted by atomic mass is 32.1. The molecule has 1 heterocycles. The number of hydrogen-bond acceptors (Lipinski definition) is 3. The van der Waals surface area contributed by atoms with Crippen molar-refractivity contribution in [3.8, 4) is 0 Å². The Kier molecular flexibility index (Phi) is 4.84. The Hall–Kier alpha value is -0.410. The average Bonchev–Trinajstić information content (AvgIpc) is 2.58. The van der Waals surface area contributed by atoms with Crippen LogP contribution in [0, 0.1) is 5.41 Å². The van der Waals surface area contributed by atoms with Crippen LogP contribution in [0.3, 0.4) is 0 Å². The van der Waals surface area contributed by atoms with E-state index in [1.54, 1.807) is 11.3 Å². The molecule has 1 aromatic heterocycles. The summed E-state index contributed by atoms with van der Waals surface area (Å²) in [6.45, 7) is 18.9. The van der Waals surface area contributed by atoms with E-state index in [2.05, 4.69) is 66.1 Å². The molecule has 0 bridgehead atoms. The molecule has 1 rings (SSSR count). The molecule has 0 unspecified atom stereocenters. The second-order valence-electron chi connectivity index (χ2n) is 8.35. The fourth-order valence-corrected chi connectivity index (χ4v) is 3.40. The van der Waals surface area contributed by atoms with Crippen molar-refractivity contribution < 1.29 is 0 Å². The van der Waals surface area contributed by atoms with Gasteiger partial charge in [0.2, 0.25) is 0 Å². The maximum atomic E-state index is 4.74. The predicted octanol–water partition coefficient (Wildman–Crippen LogP) is 4.75. The SMILES string of the molecule is CC(C)(C)CC(C)(C)NCc1nc(C(C)(C)C)cs1. The molecule has 19 heavy (non-hydrogen) atoms. The Bertz CT molecular complexity index is 405. The molecular formula is C16H30N2S. The topological polar surface area (TPSA) is 24.9 Å². The zero-order chi connectivity index (χ0) is 14.9. The lowest BCUT2D eigenvalue weighted by atomic mass is 9.82. The van der Waals surface area contributed by atoms with Gasteiger partial charge in [0.15, 0.2) is 0 Å². The molecule has 3 heteroatoms. The minimum atomic E-state index is 0.145. The van der Waals surface area contributed by atoms with Gasteiger partial charge in [-0.05, 0) is 25.7 Å². The van der Waals surface area contributed by atoms with E-state index >= 15 is 0 Å². The summed E-state index contributed by atoms with van der Waals surface area (Å²) in [5.41, 5.74) is 1.83. The van der Waals surface area contributed by atoms with Gasteiger partial charge in [-0.1, -0.05) is 41.5 Å². The molecule has 0 aliphatic carbocycles. The van der Waals surface area contributed by atoms with E-state index in [1.807, 2.05) is 0 Å². The van der Waals surface area contributed by atoms with Crippen LogP contribution in [0.25, 0.3) is 0 Å². The van der Waals surface area contributed by atoms with Gasteiger partial charge in [0.05, 0.1) is 5.69 Å². The Morgan fingerprint density at radius 3 is 2.05 bits per heavy atom. The molecule has 110 valence electrons. The molecule has 0 fully saturated rings. The predicted molar refractivity (Wildman–Crippen MR) is 85.8 cm³/mol. The zero-order valence-corrected chi connectivity index (χ0v) is 14.7. The number of hydrogen-bond donors (Lipinski definition) is 1. The minimum absolute atomic E-state index is 0.145. The standard InChI is InChI=1S/C16H30N2S/c1-14(2,3)11-16(7,8)17-9-13-18-12(10-19-13)15(4,5)6/h10,17H,9,11H2,1-8H3. The van der Waals surface area contributed by atoms with Crippen LogP contribution < -0.4 is 5.32 Å². The van der Waals surface area contributed by atoms with Crippen molar-refractivity contribution in [2.75, 3.05) is 0 Å². The third-order valence-electron chi connectivity index (χ3n) is 3.01. The lowest BCUT2D eigenvalue weighted by Gasteiger charge is -2.33. The Balaban J connectivity index is 2.60. The maximum absolute atomic E-state index is 4.74. The van der Waals surface area contributed by atoms with Crippen molar-refractivity contribution in [3.05, 3.63) is 16.1 Å². The summed E-state index contributed by atoms with van der Waals surface area (Å²) in [6, 6.07) is 0. The molecule has 0 saturated carbocycles. The van der Waals surface area contributed by atoms with Crippen molar-refractivity contribution in [3.63, 3.8) is 0 Å². The molecule has 0 aromatic carbocycles. The summed E-state index contributed by atoms with van der Waals surface area (Å²) < 4.78 is 0. The summed E-state index contributed by atoms with van der Waals surface area (Å²) in [7, 11) is 0. The molecule has 0 spiro atoms. The minimum Gasteiger partial charge on any atom is -0.305 e. The van der Waals surface area contributed by atoms with Crippen LogP contribution in [0.1, 0.15) is 72.5 Å². The lowest BCUT2D eigenvalue weighted by molar-refractivity contribution is 0.240. The van der Waals surface area contributed by atoms with Crippen LogP contribution in [-0.2, 0) is 12.0 Å². The van der Waals surface area contributed by atoms with Gasteiger partial charge in [0.25, 0.3) is 0 Å². The van der Waals surface area contributed by atoms with Gasteiger partial charge >= 0.3 is 0 Å². The summed E-state index contributed by atoms with van der Waals surface area (Å²) in [6.07, 6.45) is 1.15. The zero-order valence-electron chi connectivity index (χ0n) is 13.8. The van der Waals surface area contributed by atoms with Crippen molar-refractivity contribution in [2.24, 2.45) is 5.41 Å². The highest BCUT2D eigenvalue weighted by Crippen LogP contribution is 2.28. The van der Waals surface area contributed by atoms with Crippen LogP contribution in [0.4, 0.5) is 0 Å². The van der Waals surface area contributed by atoms with Crippen LogP contribution >= 0.6 is 11.3 Å². The van der Waals surface area contributed by atoms with Crippen LogP contribution in [0.5, 0.6) is 0 Å². The molecule has 0 atom stereocenters. The molecular weight excluding hydrogens is 252 g/mol. The number of rotatable bonds is 4. The van der Waals surface area contributed by atoms with Gasteiger partial charge in [0, 0.05) is 22.9 Å². The van der Waals surface area contributed by atoms with Gasteiger partial charge in [-0.2, -0.15) is 0 Å². The van der Waals surface area contributed by atoms with Crippen LogP contribution in [0.15, 0.2) is 5.38 Å². The smallest absolute Gasteiger partial charge is 0.107 e. The van der Waals surface area contributed by atoms with E-state index < -0.39 is 0 Å². The second kappa shape index (κ2) is 5.53. The van der Waals surface area contributed by atoms with Crippen molar-refractivity contribution in [1.82, 2.24) is 10.3 Å². The van der Waals surface area contributed by atoms with Crippen LogP contribution in [-0.4, -0.2) is 10.5 Å². The summed E-state index contributed by atoms with van der Waals surface area (Å²) >= 11 is 1.76. The number of thiazole rings is 1. The molecule has 0 amide bonds. The van der Waals surface area contributed by atoms with Crippen LogP contribution in [0.2, 0.25) is 0 Å². The van der Waals surface area contributed by atoms with Crippen molar-refractivity contribution in [1.29, 1.82) is 0 Å². The van der Waals surface area contributed by atoms with Gasteiger partial charge in [-0.25, -0.2) is 4.98 Å². The first-order valence-electron chi connectivity index (χ1n) is 7.09. The third-order valence-corrected chi connectivity index (χ3v) is 3.86. The quantitative estimate of drug-likeness (QED) is 0.862. The first-order chi connectivity index (χ1) is 8.39. The summed E-state index contributed by atoms with van der Waals surface area (Å²) in [5, 5.41) is 7.02. The first kappa shape index (κ1) is 16.6. The Morgan fingerprint density at radius 1 is 1.05 bits per heavy atom. The highest BCUT2D eigenvalue weighted by Gasteiger charge is 2.25. The number of nitrogens with one attached hydrogen (secondary N) is 1. The van der Waals surface area contributed by atoms with Gasteiger partial charge in [0.1, 0.15) is 5.01 Å². The van der Waals surface area contributed by atoms with E-state index in [0.29, 0.717) is 5.41 Å². The fraction of sp³-hybridized carbons (Fsp3) is 0.812. The van der Waals surface area contributed by atoms with Gasteiger partial charge in [-0.3, -0.25) is 0 Å². The van der Waals surface area contributed by atoms with Gasteiger partial charge in [-0.15, -0.1) is 11.3 Å². The molecule has 0 saturated heterocycles. The lowest BCUT2D eigenvalue weighted by Crippen LogP contribution is -2.41. The fourth-order valence-electron chi connectivity index (χ4n) is 2.44. The molecule has 1 N–H and O–H groups in total. The number of aromatic nitrogens is 1. The van der Waals surface area contributed by atoms with E-state index in [4.69, 9.17) is 4.98 Å². The molecule has 0 aliphatic heterocycles. The molecule has 1 aromatic rings. The van der Waals surface area contributed by atoms with Crippen molar-refractivity contribution in [2.45, 2.75) is 79.3 Å². The maximum Gasteiger partial charge on any atom is 0.107 e. The Labute approximate surface area is 123 Å². The number of nitrogens with zero attached hydrogens (tertiary/aromatic N) is 1. The van der Waals surface area contributed by atoms with E-state index in [0.717, 1.165) is 13.0 Å². The average molecular weight is 282 g/mol. The molecule has 0 aliphatic rings. The first-order valence-corrected chi connectivity index (χ1v) is 7.97. The highest BCUT2D eigenvalue weighted by molar-refractivity contribution is 7.09. The summed E-state index contributed by atoms with van der Waals surface area (Å²) in [5.74, 6) is 0. The largest absolute Gasteiger partial charge is 0.305 e. The van der Waals surface area contributed by atoms with E-state index in [1.165, 1.54) is 10.7 Å². The normalized spacial score (nSPS) is 13.9. The summed E-state index contributed by atoms with van der Waals surface area (Å²) in [4.78, 5) is 4.74. The van der Waals surface area contributed by atoms with E-state index in [-0.39, 0.29) is 11.0 Å². The molecule has 0 radical (unpaired) electrons. The Morgan fingerprint density at radius 2 is 1.63 bits per heavy atom. The molecule has 2 nitrogen and oxygen atoms in total. The second-order valence-corrected chi connectivity index (χ2v) is 9.29. The monoisotopic (exact) mass is 282 g/mol. The van der Waals surface area contributed by atoms with E-state index in [9.17, 15) is 0 Å². The third kappa shape index (κ3) is 6.05.